The zero-order chi connectivity index (χ0) is 22.4. The van der Waals surface area contributed by atoms with Crippen LogP contribution in [0.3, 0.4) is 0 Å². The molecule has 6 rings (SSSR count). The van der Waals surface area contributed by atoms with E-state index in [1.807, 2.05) is 12.1 Å². The van der Waals surface area contributed by atoms with Crippen molar-refractivity contribution in [2.45, 2.75) is 57.9 Å². The number of anilines is 1. The molecular formula is C26H26FN5O. The van der Waals surface area contributed by atoms with E-state index in [2.05, 4.69) is 25.1 Å². The average molecular weight is 444 g/mol. The lowest BCUT2D eigenvalue weighted by Crippen LogP contribution is -2.13. The lowest BCUT2D eigenvalue weighted by Gasteiger charge is -2.11. The molecule has 33 heavy (non-hydrogen) atoms. The van der Waals surface area contributed by atoms with Gasteiger partial charge in [0.2, 0.25) is 0 Å². The zero-order valence-corrected chi connectivity index (χ0v) is 18.5. The predicted molar refractivity (Wildman–Crippen MR) is 126 cm³/mol. The van der Waals surface area contributed by atoms with Gasteiger partial charge in [0, 0.05) is 40.7 Å². The number of carbonyl (C=O) groups excluding carboxylic acids is 1. The Bertz CT molecular complexity index is 1370. The van der Waals surface area contributed by atoms with Crippen LogP contribution in [0, 0.1) is 5.82 Å². The molecule has 0 fully saturated rings. The molecule has 0 saturated heterocycles. The van der Waals surface area contributed by atoms with Crippen LogP contribution in [0.1, 0.15) is 59.5 Å². The van der Waals surface area contributed by atoms with Gasteiger partial charge in [-0.25, -0.2) is 4.39 Å². The Morgan fingerprint density at radius 2 is 1.85 bits per heavy atom. The van der Waals surface area contributed by atoms with Gasteiger partial charge in [0.15, 0.2) is 5.82 Å². The number of aromatic nitrogens is 4. The molecule has 0 bridgehead atoms. The van der Waals surface area contributed by atoms with E-state index in [4.69, 9.17) is 0 Å². The van der Waals surface area contributed by atoms with Gasteiger partial charge in [-0.1, -0.05) is 6.42 Å². The Balaban J connectivity index is 1.30. The van der Waals surface area contributed by atoms with Crippen molar-refractivity contribution in [3.63, 3.8) is 0 Å². The minimum Gasteiger partial charge on any atom is -0.358 e. The Morgan fingerprint density at radius 1 is 0.970 bits per heavy atom. The monoisotopic (exact) mass is 443 g/mol. The van der Waals surface area contributed by atoms with Crippen molar-refractivity contribution >= 4 is 22.5 Å². The maximum Gasteiger partial charge on any atom is 0.255 e. The highest BCUT2D eigenvalue weighted by molar-refractivity contribution is 6.07. The molecule has 2 aliphatic rings. The number of aryl methyl sites for hydroxylation is 3. The number of H-pyrrole nitrogens is 1. The van der Waals surface area contributed by atoms with Crippen molar-refractivity contribution in [1.82, 2.24) is 19.7 Å². The fourth-order valence-corrected chi connectivity index (χ4v) is 5.20. The van der Waals surface area contributed by atoms with Gasteiger partial charge in [0.05, 0.1) is 5.69 Å². The number of nitrogens with one attached hydrogen (secondary N) is 2. The first-order valence-corrected chi connectivity index (χ1v) is 11.8. The third-order valence-corrected chi connectivity index (χ3v) is 6.94. The van der Waals surface area contributed by atoms with Gasteiger partial charge in [0.1, 0.15) is 11.6 Å². The molecule has 0 spiro atoms. The van der Waals surface area contributed by atoms with Gasteiger partial charge in [-0.15, -0.1) is 10.2 Å². The highest BCUT2D eigenvalue weighted by Crippen LogP contribution is 2.31. The molecule has 3 heterocycles. The molecule has 1 amide bonds. The number of fused-ring (bicyclic) bond motifs is 4. The largest absolute Gasteiger partial charge is 0.358 e. The summed E-state index contributed by atoms with van der Waals surface area (Å²) in [6.07, 6.45) is 8.70. The maximum atomic E-state index is 14.7. The van der Waals surface area contributed by atoms with Gasteiger partial charge < -0.3 is 14.9 Å². The Hall–Kier alpha value is -3.48. The van der Waals surface area contributed by atoms with Gasteiger partial charge >= 0.3 is 0 Å². The number of hydrogen-bond acceptors (Lipinski definition) is 3. The van der Waals surface area contributed by atoms with Crippen LogP contribution in [0.15, 0.2) is 36.4 Å². The topological polar surface area (TPSA) is 75.6 Å². The molecule has 2 aromatic carbocycles. The van der Waals surface area contributed by atoms with Crippen LogP contribution in [-0.4, -0.2) is 25.7 Å². The first-order chi connectivity index (χ1) is 16.2. The van der Waals surface area contributed by atoms with Crippen LogP contribution in [0.2, 0.25) is 0 Å². The molecule has 7 heteroatoms. The predicted octanol–water partition coefficient (Wildman–Crippen LogP) is 5.42. The summed E-state index contributed by atoms with van der Waals surface area (Å²) in [4.78, 5) is 16.5. The molecule has 4 aromatic rings. The maximum absolute atomic E-state index is 14.7. The van der Waals surface area contributed by atoms with E-state index in [1.165, 1.54) is 36.6 Å². The molecule has 0 radical (unpaired) electrons. The minimum atomic E-state index is -0.470. The molecule has 1 aliphatic heterocycles. The fraction of sp³-hybridized carbons (Fsp3) is 0.346. The number of amides is 1. The zero-order valence-electron chi connectivity index (χ0n) is 18.5. The highest BCUT2D eigenvalue weighted by Gasteiger charge is 2.20. The van der Waals surface area contributed by atoms with Crippen LogP contribution in [0.25, 0.3) is 22.3 Å². The second kappa shape index (κ2) is 8.14. The van der Waals surface area contributed by atoms with Gasteiger partial charge in [-0.05, 0) is 80.5 Å². The number of hydrogen-bond donors (Lipinski definition) is 2. The van der Waals surface area contributed by atoms with Crippen LogP contribution in [-0.2, 0) is 25.8 Å². The standard InChI is InChI=1S/C26H26FN5O/c27-20-11-9-16(25-31-30-24-8-2-1-5-13-32(24)25)15-23(20)29-26(33)17-10-12-22-19(14-17)18-6-3-4-7-21(18)28-22/h9-12,14-15,28H,1-8,13H2,(H,29,33). The summed E-state index contributed by atoms with van der Waals surface area (Å²) in [7, 11) is 0. The summed E-state index contributed by atoms with van der Waals surface area (Å²) < 4.78 is 16.8. The van der Waals surface area contributed by atoms with E-state index in [0.717, 1.165) is 66.8 Å². The van der Waals surface area contributed by atoms with Crippen molar-refractivity contribution in [3.8, 4) is 11.4 Å². The van der Waals surface area contributed by atoms with E-state index in [0.29, 0.717) is 5.56 Å². The Kier molecular flexibility index (Phi) is 4.97. The lowest BCUT2D eigenvalue weighted by molar-refractivity contribution is 0.102. The average Bonchev–Trinajstić information content (AvgIpc) is 3.33. The van der Waals surface area contributed by atoms with E-state index in [-0.39, 0.29) is 11.6 Å². The third kappa shape index (κ3) is 3.61. The molecule has 2 N–H and O–H groups in total. The second-order valence-electron chi connectivity index (χ2n) is 9.10. The van der Waals surface area contributed by atoms with Crippen LogP contribution < -0.4 is 5.32 Å². The van der Waals surface area contributed by atoms with Gasteiger partial charge in [0.25, 0.3) is 5.91 Å². The molecule has 2 aromatic heterocycles. The summed E-state index contributed by atoms with van der Waals surface area (Å²) in [6, 6.07) is 10.4. The summed E-state index contributed by atoms with van der Waals surface area (Å²) in [5, 5.41) is 12.6. The van der Waals surface area contributed by atoms with E-state index < -0.39 is 5.82 Å². The quantitative estimate of drug-likeness (QED) is 0.444. The fourth-order valence-electron chi connectivity index (χ4n) is 5.20. The Morgan fingerprint density at radius 3 is 2.79 bits per heavy atom. The van der Waals surface area contributed by atoms with Crippen LogP contribution in [0.5, 0.6) is 0 Å². The second-order valence-corrected chi connectivity index (χ2v) is 9.10. The smallest absolute Gasteiger partial charge is 0.255 e. The summed E-state index contributed by atoms with van der Waals surface area (Å²) >= 11 is 0. The highest BCUT2D eigenvalue weighted by atomic mass is 19.1. The minimum absolute atomic E-state index is 0.152. The lowest BCUT2D eigenvalue weighted by atomic mass is 9.95. The first-order valence-electron chi connectivity index (χ1n) is 11.8. The number of nitrogens with zero attached hydrogens (tertiary/aromatic N) is 3. The van der Waals surface area contributed by atoms with Crippen molar-refractivity contribution in [2.24, 2.45) is 0 Å². The van der Waals surface area contributed by atoms with Crippen LogP contribution in [0.4, 0.5) is 10.1 Å². The molecule has 0 unspecified atom stereocenters. The van der Waals surface area contributed by atoms with Crippen molar-refractivity contribution < 1.29 is 9.18 Å². The summed E-state index contributed by atoms with van der Waals surface area (Å²) in [6.45, 7) is 0.859. The SMILES string of the molecule is O=C(Nc1cc(-c2nnc3n2CCCCC3)ccc1F)c1ccc2[nH]c3c(c2c1)CCCC3. The molecule has 168 valence electrons. The number of carbonyl (C=O) groups is 1. The van der Waals surface area contributed by atoms with Crippen LogP contribution >= 0.6 is 0 Å². The summed E-state index contributed by atoms with van der Waals surface area (Å²) in [5.41, 5.74) is 5.07. The number of aromatic amines is 1. The van der Waals surface area contributed by atoms with E-state index >= 15 is 0 Å². The molecule has 0 atom stereocenters. The van der Waals surface area contributed by atoms with Gasteiger partial charge in [-0.3, -0.25) is 4.79 Å². The molecule has 0 saturated carbocycles. The number of benzene rings is 2. The molecular weight excluding hydrogens is 417 g/mol. The normalized spacial score (nSPS) is 15.7. The summed E-state index contributed by atoms with van der Waals surface area (Å²) in [5.74, 6) is 0.907. The molecule has 6 nitrogen and oxygen atoms in total. The van der Waals surface area contributed by atoms with Crippen molar-refractivity contribution in [1.29, 1.82) is 0 Å². The third-order valence-electron chi connectivity index (χ3n) is 6.94. The van der Waals surface area contributed by atoms with E-state index in [9.17, 15) is 9.18 Å². The van der Waals surface area contributed by atoms with Crippen molar-refractivity contribution in [3.05, 3.63) is 64.9 Å². The van der Waals surface area contributed by atoms with E-state index in [1.54, 1.807) is 18.2 Å². The molecule has 1 aliphatic carbocycles. The number of rotatable bonds is 3. The Labute approximate surface area is 191 Å². The van der Waals surface area contributed by atoms with Crippen molar-refractivity contribution in [2.75, 3.05) is 5.32 Å². The van der Waals surface area contributed by atoms with Gasteiger partial charge in [-0.2, -0.15) is 0 Å². The number of halogens is 1. The first kappa shape index (κ1) is 20.1.